The van der Waals surface area contributed by atoms with Gasteiger partial charge in [-0.15, -0.1) is 0 Å². The van der Waals surface area contributed by atoms with Crippen molar-refractivity contribution in [1.29, 1.82) is 0 Å². The van der Waals surface area contributed by atoms with Gasteiger partial charge in [-0.1, -0.05) is 81.3 Å². The molecule has 0 unspecified atom stereocenters. The highest BCUT2D eigenvalue weighted by atomic mass is 19.4. The average molecular weight is 540 g/mol. The van der Waals surface area contributed by atoms with Crippen molar-refractivity contribution >= 4 is 22.5 Å². The number of carboxylic acids is 1. The van der Waals surface area contributed by atoms with Gasteiger partial charge in [0.15, 0.2) is 0 Å². The third kappa shape index (κ3) is 13.3. The molecule has 0 aliphatic heterocycles. The minimum Gasteiger partial charge on any atom is -0.475 e. The fourth-order valence-electron chi connectivity index (χ4n) is 4.39. The summed E-state index contributed by atoms with van der Waals surface area (Å²) in [6, 6.07) is 12.7. The van der Waals surface area contributed by atoms with Crippen LogP contribution in [0.4, 0.5) is 13.2 Å². The highest BCUT2D eigenvalue weighted by Gasteiger charge is 2.38. The van der Waals surface area contributed by atoms with Crippen LogP contribution in [0.2, 0.25) is 0 Å². The molecule has 0 aromatic heterocycles. The Morgan fingerprint density at radius 2 is 1.39 bits per heavy atom. The number of carbonyl (C=O) groups is 2. The maximum absolute atomic E-state index is 12.0. The summed E-state index contributed by atoms with van der Waals surface area (Å²) in [5.41, 5.74) is 20.2. The van der Waals surface area contributed by atoms with Crippen molar-refractivity contribution in [1.82, 2.24) is 0 Å². The van der Waals surface area contributed by atoms with E-state index in [2.05, 4.69) is 36.4 Å². The molecule has 0 amide bonds. The minimum absolute atomic E-state index is 0.225. The molecule has 2 aromatic carbocycles. The van der Waals surface area contributed by atoms with Crippen LogP contribution in [0.5, 0.6) is 0 Å². The zero-order valence-corrected chi connectivity index (χ0v) is 22.3. The molecule has 0 saturated carbocycles. The lowest BCUT2D eigenvalue weighted by Crippen LogP contribution is -2.30. The molecule has 38 heavy (non-hydrogen) atoms. The second-order valence-electron chi connectivity index (χ2n) is 9.62. The van der Waals surface area contributed by atoms with Gasteiger partial charge in [0.05, 0.1) is 6.04 Å². The van der Waals surface area contributed by atoms with E-state index in [1.165, 1.54) is 60.4 Å². The topological polar surface area (TPSA) is 132 Å². The first-order chi connectivity index (χ1) is 18.1. The van der Waals surface area contributed by atoms with Gasteiger partial charge >= 0.3 is 12.1 Å². The van der Waals surface area contributed by atoms with Crippen LogP contribution in [-0.4, -0.2) is 35.6 Å². The number of unbranched alkanes of at least 4 members (excludes halogenated alkanes) is 8. The van der Waals surface area contributed by atoms with Gasteiger partial charge in [0.1, 0.15) is 5.78 Å². The zero-order valence-electron chi connectivity index (χ0n) is 22.3. The number of benzene rings is 2. The SMILES string of the molecule is NCCCC[C@H](N)C(=O)CCCCCCCCCCc1ccc2ccccc2c1CN.O=C(O)C(F)(F)F. The quantitative estimate of drug-likeness (QED) is 0.182. The molecule has 6 nitrogen and oxygen atoms in total. The molecule has 0 heterocycles. The third-order valence-electron chi connectivity index (χ3n) is 6.59. The molecule has 214 valence electrons. The van der Waals surface area contributed by atoms with Gasteiger partial charge in [0.25, 0.3) is 0 Å². The number of fused-ring (bicyclic) bond motifs is 1. The summed E-state index contributed by atoms with van der Waals surface area (Å²) in [5.74, 6) is -2.53. The average Bonchev–Trinajstić information content (AvgIpc) is 2.89. The fourth-order valence-corrected chi connectivity index (χ4v) is 4.39. The van der Waals surface area contributed by atoms with E-state index < -0.39 is 12.1 Å². The van der Waals surface area contributed by atoms with Crippen molar-refractivity contribution in [3.05, 3.63) is 47.5 Å². The Hall–Kier alpha value is -2.49. The van der Waals surface area contributed by atoms with E-state index in [0.29, 0.717) is 19.5 Å². The van der Waals surface area contributed by atoms with Crippen LogP contribution in [0.1, 0.15) is 88.2 Å². The summed E-state index contributed by atoms with van der Waals surface area (Å²) in [5, 5.41) is 9.71. The predicted octanol–water partition coefficient (Wildman–Crippen LogP) is 6.01. The number of Topliss-reactive ketones (excluding diaryl/α,β-unsaturated/α-hetero) is 1. The van der Waals surface area contributed by atoms with E-state index >= 15 is 0 Å². The summed E-state index contributed by atoms with van der Waals surface area (Å²) in [6.45, 7) is 1.29. The first kappa shape index (κ1) is 33.5. The highest BCUT2D eigenvalue weighted by molar-refractivity contribution is 5.86. The Kier molecular flexibility index (Phi) is 16.5. The molecular formula is C29H44F3N3O3. The molecule has 2 aromatic rings. The van der Waals surface area contributed by atoms with Crippen LogP contribution in [0.25, 0.3) is 10.8 Å². The van der Waals surface area contributed by atoms with Gasteiger partial charge in [-0.05, 0) is 60.5 Å². The monoisotopic (exact) mass is 539 g/mol. The van der Waals surface area contributed by atoms with E-state index in [4.69, 9.17) is 27.1 Å². The lowest BCUT2D eigenvalue weighted by molar-refractivity contribution is -0.192. The first-order valence-electron chi connectivity index (χ1n) is 13.6. The molecule has 0 fully saturated rings. The smallest absolute Gasteiger partial charge is 0.475 e. The van der Waals surface area contributed by atoms with Crippen LogP contribution in [0.3, 0.4) is 0 Å². The fraction of sp³-hybridized carbons (Fsp3) is 0.586. The highest BCUT2D eigenvalue weighted by Crippen LogP contribution is 2.24. The Morgan fingerprint density at radius 1 is 0.816 bits per heavy atom. The second kappa shape index (κ2) is 18.7. The Bertz CT molecular complexity index is 967. The number of hydrogen-bond donors (Lipinski definition) is 4. The van der Waals surface area contributed by atoms with Gasteiger partial charge in [-0.2, -0.15) is 13.2 Å². The molecule has 0 aliphatic rings. The number of halogens is 3. The number of rotatable bonds is 17. The number of carbonyl (C=O) groups excluding carboxylic acids is 1. The molecule has 9 heteroatoms. The number of aryl methyl sites for hydroxylation is 1. The molecule has 1 atom stereocenters. The lowest BCUT2D eigenvalue weighted by atomic mass is 9.95. The molecule has 0 aliphatic carbocycles. The summed E-state index contributed by atoms with van der Waals surface area (Å²) in [6.07, 6.45) is 9.03. The van der Waals surface area contributed by atoms with Gasteiger partial charge in [0, 0.05) is 13.0 Å². The van der Waals surface area contributed by atoms with Crippen LogP contribution < -0.4 is 17.2 Å². The van der Waals surface area contributed by atoms with Crippen LogP contribution in [-0.2, 0) is 22.6 Å². The molecule has 0 saturated heterocycles. The van der Waals surface area contributed by atoms with E-state index in [-0.39, 0.29) is 11.8 Å². The number of aliphatic carboxylic acids is 1. The normalized spacial score (nSPS) is 12.2. The summed E-state index contributed by atoms with van der Waals surface area (Å²) in [4.78, 5) is 20.9. The number of ketones is 1. The molecule has 2 rings (SSSR count). The summed E-state index contributed by atoms with van der Waals surface area (Å²) < 4.78 is 31.7. The van der Waals surface area contributed by atoms with Gasteiger partial charge in [-0.25, -0.2) is 4.79 Å². The van der Waals surface area contributed by atoms with E-state index in [1.807, 2.05) is 0 Å². The Labute approximate surface area is 224 Å². The van der Waals surface area contributed by atoms with E-state index in [1.54, 1.807) is 0 Å². The Morgan fingerprint density at radius 3 is 1.97 bits per heavy atom. The van der Waals surface area contributed by atoms with E-state index in [0.717, 1.165) is 38.5 Å². The maximum Gasteiger partial charge on any atom is 0.490 e. The summed E-state index contributed by atoms with van der Waals surface area (Å²) >= 11 is 0. The van der Waals surface area contributed by atoms with Crippen molar-refractivity contribution in [3.8, 4) is 0 Å². The Balaban J connectivity index is 0.000000905. The largest absolute Gasteiger partial charge is 0.490 e. The molecular weight excluding hydrogens is 495 g/mol. The number of alkyl halides is 3. The van der Waals surface area contributed by atoms with Crippen LogP contribution in [0.15, 0.2) is 36.4 Å². The molecule has 7 N–H and O–H groups in total. The van der Waals surface area contributed by atoms with Crippen molar-refractivity contribution in [2.75, 3.05) is 6.54 Å². The van der Waals surface area contributed by atoms with Crippen molar-refractivity contribution < 1.29 is 27.9 Å². The van der Waals surface area contributed by atoms with Crippen LogP contribution in [0, 0.1) is 0 Å². The van der Waals surface area contributed by atoms with Gasteiger partial charge < -0.3 is 22.3 Å². The van der Waals surface area contributed by atoms with Crippen LogP contribution >= 0.6 is 0 Å². The number of carboxylic acid groups (broad SMARTS) is 1. The molecule has 0 radical (unpaired) electrons. The molecule has 0 bridgehead atoms. The van der Waals surface area contributed by atoms with Crippen molar-refractivity contribution in [2.24, 2.45) is 17.2 Å². The number of nitrogens with two attached hydrogens (primary N) is 3. The predicted molar refractivity (Wildman–Crippen MR) is 147 cm³/mol. The third-order valence-corrected chi connectivity index (χ3v) is 6.59. The number of hydrogen-bond acceptors (Lipinski definition) is 5. The summed E-state index contributed by atoms with van der Waals surface area (Å²) in [7, 11) is 0. The zero-order chi connectivity index (χ0) is 28.4. The lowest BCUT2D eigenvalue weighted by Gasteiger charge is -2.11. The molecule has 0 spiro atoms. The maximum atomic E-state index is 12.0. The minimum atomic E-state index is -5.08. The second-order valence-corrected chi connectivity index (χ2v) is 9.62. The standard InChI is InChI=1S/C27H43N3O.C2HF3O2/c28-20-12-11-16-26(30)27(31)17-8-6-4-2-1-3-5-7-13-23-19-18-22-14-9-10-15-24(22)25(23)21-29;3-2(4,5)1(6)7/h9-10,14-15,18-19,26H,1-8,11-13,16-17,20-21,28-30H2;(H,6,7)/t26-;/m0./s1. The van der Waals surface area contributed by atoms with E-state index in [9.17, 15) is 18.0 Å². The van der Waals surface area contributed by atoms with Crippen molar-refractivity contribution in [2.45, 2.75) is 102 Å². The van der Waals surface area contributed by atoms with Gasteiger partial charge in [0.2, 0.25) is 0 Å². The van der Waals surface area contributed by atoms with Gasteiger partial charge in [-0.3, -0.25) is 4.79 Å². The first-order valence-corrected chi connectivity index (χ1v) is 13.6. The van der Waals surface area contributed by atoms with Crippen molar-refractivity contribution in [3.63, 3.8) is 0 Å².